The van der Waals surface area contributed by atoms with Gasteiger partial charge < -0.3 is 15.5 Å². The molecule has 1 atom stereocenters. The van der Waals surface area contributed by atoms with E-state index in [2.05, 4.69) is 5.32 Å². The molecule has 11 nitrogen and oxygen atoms in total. The minimum atomic E-state index is -4.33. The van der Waals surface area contributed by atoms with Crippen molar-refractivity contribution in [2.75, 3.05) is 11.6 Å². The predicted octanol–water partition coefficient (Wildman–Crippen LogP) is 1.34. The number of furan rings is 1. The average molecular weight is 605 g/mol. The number of sulfone groups is 1. The van der Waals surface area contributed by atoms with E-state index < -0.39 is 32.0 Å². The molecular weight excluding hydrogens is 585 g/mol. The zero-order valence-corrected chi connectivity index (χ0v) is 20.9. The van der Waals surface area contributed by atoms with Gasteiger partial charge in [-0.05, 0) is 70.6 Å². The van der Waals surface area contributed by atoms with Crippen molar-refractivity contribution in [3.8, 4) is 0 Å². The number of fused-ring (bicyclic) bond motifs is 1. The van der Waals surface area contributed by atoms with E-state index >= 15 is 0 Å². The second-order valence-electron chi connectivity index (χ2n) is 7.28. The molecule has 33 heavy (non-hydrogen) atoms. The average Bonchev–Trinajstić information content (AvgIpc) is 3.06. The summed E-state index contributed by atoms with van der Waals surface area (Å²) in [7, 11) is -7.65. The van der Waals surface area contributed by atoms with E-state index in [0.29, 0.717) is 31.4 Å². The third-order valence-corrected chi connectivity index (χ3v) is 6.49. The van der Waals surface area contributed by atoms with E-state index in [-0.39, 0.29) is 17.3 Å². The van der Waals surface area contributed by atoms with Crippen LogP contribution in [0.5, 0.6) is 0 Å². The van der Waals surface area contributed by atoms with Crippen LogP contribution < -0.4 is 20.9 Å². The molecule has 0 spiro atoms. The van der Waals surface area contributed by atoms with Gasteiger partial charge in [0.05, 0.1) is 3.57 Å². The summed E-state index contributed by atoms with van der Waals surface area (Å²) in [4.78, 5) is 12.8. The van der Waals surface area contributed by atoms with Crippen molar-refractivity contribution in [1.82, 2.24) is 4.72 Å². The van der Waals surface area contributed by atoms with E-state index in [9.17, 15) is 21.6 Å². The van der Waals surface area contributed by atoms with Gasteiger partial charge in [-0.25, -0.2) is 18.3 Å². The number of rotatable bonds is 8. The zero-order valence-electron chi connectivity index (χ0n) is 17.1. The number of carbonyl (C=O) groups is 1. The lowest BCUT2D eigenvalue weighted by atomic mass is 10.0. The van der Waals surface area contributed by atoms with Crippen LogP contribution in [-0.4, -0.2) is 34.8 Å². The molecule has 0 bridgehead atoms. The number of carbonyl (C=O) groups excluding carboxylic acids is 1. The smallest absolute Gasteiger partial charge is 0.298 e. The lowest BCUT2D eigenvalue weighted by molar-refractivity contribution is -0.120. The van der Waals surface area contributed by atoms with E-state index in [1.54, 1.807) is 47.2 Å². The van der Waals surface area contributed by atoms with E-state index in [4.69, 9.17) is 20.7 Å². The summed E-state index contributed by atoms with van der Waals surface area (Å²) in [5, 5.41) is 15.9. The van der Waals surface area contributed by atoms with Gasteiger partial charge in [0.25, 0.3) is 16.1 Å². The molecule has 3 aromatic rings. The number of nitrogens with one attached hydrogen (secondary N) is 3. The normalized spacial score (nSPS) is 12.9. The molecule has 176 valence electrons. The monoisotopic (exact) mass is 605 g/mol. The molecule has 1 heterocycles. The molecule has 14 heteroatoms. The van der Waals surface area contributed by atoms with Gasteiger partial charge in [-0.2, -0.15) is 8.42 Å². The van der Waals surface area contributed by atoms with Gasteiger partial charge in [0.2, 0.25) is 0 Å². The van der Waals surface area contributed by atoms with Crippen LogP contribution in [0.1, 0.15) is 22.9 Å². The van der Waals surface area contributed by atoms with Crippen molar-refractivity contribution in [2.24, 2.45) is 10.9 Å². The molecular formula is C19H20IN5O6S2. The van der Waals surface area contributed by atoms with Gasteiger partial charge in [-0.15, -0.1) is 0 Å². The molecule has 0 aliphatic rings. The third kappa shape index (κ3) is 6.66. The maximum absolute atomic E-state index is 12.8. The highest BCUT2D eigenvalue weighted by atomic mass is 127. The van der Waals surface area contributed by atoms with Gasteiger partial charge >= 0.3 is 0 Å². The van der Waals surface area contributed by atoms with Crippen molar-refractivity contribution >= 4 is 71.0 Å². The Balaban J connectivity index is 2.04. The summed E-state index contributed by atoms with van der Waals surface area (Å²) in [6.07, 6.45) is 1.09. The van der Waals surface area contributed by atoms with Crippen molar-refractivity contribution in [3.05, 3.63) is 62.9 Å². The minimum Gasteiger partial charge on any atom is -0.459 e. The van der Waals surface area contributed by atoms with Gasteiger partial charge in [0.1, 0.15) is 29.0 Å². The molecule has 2 aromatic carbocycles. The summed E-state index contributed by atoms with van der Waals surface area (Å²) in [6, 6.07) is 9.88. The second-order valence-corrected chi connectivity index (χ2v) is 11.9. The number of benzene rings is 2. The number of nitrogens with two attached hydrogens (primary N) is 2. The molecule has 0 fully saturated rings. The highest BCUT2D eigenvalue weighted by molar-refractivity contribution is 14.1. The van der Waals surface area contributed by atoms with Crippen LogP contribution in [-0.2, 0) is 30.6 Å². The molecule has 0 saturated carbocycles. The first-order valence-corrected chi connectivity index (χ1v) is 13.9. The van der Waals surface area contributed by atoms with E-state index in [1.807, 2.05) is 22.6 Å². The van der Waals surface area contributed by atoms with Crippen LogP contribution in [0.15, 0.2) is 46.9 Å². The Labute approximate surface area is 203 Å². The SMILES string of the molecule is CS(=O)(=O)Cc1cc2cc(C(Nc3ccc(C(=N)N)cc3)C(=O)NS(N)(=O)=O)cc(I)c2o1. The van der Waals surface area contributed by atoms with Crippen molar-refractivity contribution in [1.29, 1.82) is 5.41 Å². The maximum Gasteiger partial charge on any atom is 0.298 e. The van der Waals surface area contributed by atoms with Crippen LogP contribution in [0, 0.1) is 8.98 Å². The molecule has 1 amide bonds. The topological polar surface area (TPSA) is 198 Å². The second kappa shape index (κ2) is 9.28. The van der Waals surface area contributed by atoms with Gasteiger partial charge in [0.15, 0.2) is 9.84 Å². The van der Waals surface area contributed by atoms with Crippen molar-refractivity contribution < 1.29 is 26.0 Å². The molecule has 0 aliphatic heterocycles. The number of anilines is 1. The number of amidine groups is 1. The van der Waals surface area contributed by atoms with Crippen LogP contribution in [0.4, 0.5) is 5.69 Å². The molecule has 7 N–H and O–H groups in total. The fraction of sp³-hybridized carbons (Fsp3) is 0.158. The van der Waals surface area contributed by atoms with Gasteiger partial charge in [-0.3, -0.25) is 10.2 Å². The first-order valence-electron chi connectivity index (χ1n) is 9.17. The number of hydrogen-bond donors (Lipinski definition) is 5. The van der Waals surface area contributed by atoms with Crippen LogP contribution in [0.3, 0.4) is 0 Å². The Morgan fingerprint density at radius 3 is 2.33 bits per heavy atom. The predicted molar refractivity (Wildman–Crippen MR) is 133 cm³/mol. The number of hydrogen-bond acceptors (Lipinski definition) is 8. The maximum atomic E-state index is 12.8. The Kier molecular flexibility index (Phi) is 7.01. The highest BCUT2D eigenvalue weighted by Gasteiger charge is 2.25. The Hall–Kier alpha value is -2.69. The summed E-state index contributed by atoms with van der Waals surface area (Å²) in [5.74, 6) is -1.11. The number of nitrogen functional groups attached to an aromatic ring is 1. The Morgan fingerprint density at radius 1 is 1.15 bits per heavy atom. The van der Waals surface area contributed by atoms with Crippen molar-refractivity contribution in [2.45, 2.75) is 11.8 Å². The zero-order chi connectivity index (χ0) is 24.6. The molecule has 1 unspecified atom stereocenters. The minimum absolute atomic E-state index is 0.130. The molecule has 0 saturated heterocycles. The van der Waals surface area contributed by atoms with Crippen LogP contribution >= 0.6 is 22.6 Å². The van der Waals surface area contributed by atoms with Crippen molar-refractivity contribution in [3.63, 3.8) is 0 Å². The fourth-order valence-corrected chi connectivity index (χ4v) is 4.93. The first kappa shape index (κ1) is 24.9. The quantitative estimate of drug-likeness (QED) is 0.144. The van der Waals surface area contributed by atoms with E-state index in [0.717, 1.165) is 6.26 Å². The summed E-state index contributed by atoms with van der Waals surface area (Å²) in [6.45, 7) is 0. The standard InChI is InChI=1S/C19H20IN5O6S2/c1-32(27,28)9-14-7-12-6-11(8-15(20)17(12)31-14)16(19(26)25-33(23,29)30)24-13-4-2-10(3-5-13)18(21)22/h2-8,16,24H,9H2,1H3,(H3,21,22)(H,25,26)(H2,23,29,30). The van der Waals surface area contributed by atoms with Gasteiger partial charge in [-0.1, -0.05) is 0 Å². The Bertz CT molecular complexity index is 1450. The third-order valence-electron chi connectivity index (χ3n) is 4.39. The number of amides is 1. The molecule has 0 radical (unpaired) electrons. The Morgan fingerprint density at radius 2 is 1.79 bits per heavy atom. The first-order chi connectivity index (χ1) is 15.2. The summed E-state index contributed by atoms with van der Waals surface area (Å²) < 4.78 is 54.2. The highest BCUT2D eigenvalue weighted by Crippen LogP contribution is 2.31. The van der Waals surface area contributed by atoms with Gasteiger partial charge in [0, 0.05) is 22.9 Å². The lowest BCUT2D eigenvalue weighted by Crippen LogP contribution is -2.41. The summed E-state index contributed by atoms with van der Waals surface area (Å²) >= 11 is 1.98. The lowest BCUT2D eigenvalue weighted by Gasteiger charge is -2.20. The molecule has 3 rings (SSSR count). The molecule has 1 aromatic heterocycles. The van der Waals surface area contributed by atoms with E-state index in [1.165, 1.54) is 0 Å². The summed E-state index contributed by atoms with van der Waals surface area (Å²) in [5.41, 5.74) is 7.20. The van der Waals surface area contributed by atoms with Crippen LogP contribution in [0.25, 0.3) is 11.0 Å². The molecule has 0 aliphatic carbocycles. The van der Waals surface area contributed by atoms with Crippen LogP contribution in [0.2, 0.25) is 0 Å². The fourth-order valence-electron chi connectivity index (χ4n) is 3.09. The number of halogens is 1. The largest absolute Gasteiger partial charge is 0.459 e.